The third-order valence-electron chi connectivity index (χ3n) is 11.0. The van der Waals surface area contributed by atoms with Crippen LogP contribution in [0.25, 0.3) is 20.9 Å². The maximum absolute atomic E-state index is 14.7. The van der Waals surface area contributed by atoms with Crippen LogP contribution < -0.4 is 43.8 Å². The molecule has 0 bridgehead atoms. The van der Waals surface area contributed by atoms with Gasteiger partial charge in [0.25, 0.3) is 0 Å². The molecule has 0 aliphatic carbocycles. The molecule has 1 aromatic heterocycles. The minimum atomic E-state index is -1.19. The molecule has 1 aliphatic rings. The standard InChI is InChI=1S/C45H54N8O5S/c46-22-9-8-18-35(40(47)54)50-41(55)36(25-29-11-2-1-3-12-29)51-42(56)37(26-31-15-10-14-30-13-4-5-16-33(30)31)52-43(57)38(53-44(58)45(48)20-23-49-24-21-45)27-32-28-59-39-19-7-6-17-34(32)39/h1-7,10-17,19,28,35-38,49H,8-9,18,20-27,46,48H2,(H2,47,54)(H,50,55)(H,51,56)(H,52,57)(H,53,58)/t35-,36-,37+,38+/m0/s1. The minimum absolute atomic E-state index is 0.0656. The van der Waals surface area contributed by atoms with E-state index in [1.807, 2.05) is 102 Å². The van der Waals surface area contributed by atoms with Crippen LogP contribution in [0.15, 0.2) is 102 Å². The Bertz CT molecular complexity index is 2240. The van der Waals surface area contributed by atoms with Crippen molar-refractivity contribution in [3.8, 4) is 0 Å². The number of hydrogen-bond donors (Lipinski definition) is 8. The van der Waals surface area contributed by atoms with Crippen molar-refractivity contribution in [2.45, 2.75) is 81.1 Å². The lowest BCUT2D eigenvalue weighted by molar-refractivity contribution is -0.135. The first kappa shape index (κ1) is 42.9. The molecule has 4 aromatic carbocycles. The van der Waals surface area contributed by atoms with Gasteiger partial charge in [0.1, 0.15) is 24.2 Å². The van der Waals surface area contributed by atoms with E-state index in [-0.39, 0.29) is 25.7 Å². The van der Waals surface area contributed by atoms with E-state index in [1.165, 1.54) is 0 Å². The summed E-state index contributed by atoms with van der Waals surface area (Å²) in [7, 11) is 0. The van der Waals surface area contributed by atoms with Crippen molar-refractivity contribution in [2.75, 3.05) is 19.6 Å². The van der Waals surface area contributed by atoms with Gasteiger partial charge in [-0.2, -0.15) is 0 Å². The smallest absolute Gasteiger partial charge is 0.243 e. The van der Waals surface area contributed by atoms with Crippen LogP contribution in [-0.2, 0) is 43.2 Å². The SMILES string of the molecule is NCCCC[C@H](NC(=O)[C@H](Cc1ccccc1)NC(=O)[C@@H](Cc1cccc2ccccc12)NC(=O)[C@@H](Cc1csc2ccccc12)NC(=O)C1(N)CCNCC1)C(N)=O. The number of rotatable bonds is 19. The predicted octanol–water partition coefficient (Wildman–Crippen LogP) is 2.72. The van der Waals surface area contributed by atoms with E-state index < -0.39 is 59.2 Å². The molecule has 5 amide bonds. The fraction of sp³-hybridized carbons (Fsp3) is 0.356. The molecule has 5 aromatic rings. The Kier molecular flexibility index (Phi) is 14.8. The first-order chi connectivity index (χ1) is 28.5. The zero-order valence-corrected chi connectivity index (χ0v) is 33.9. The molecule has 14 heteroatoms. The van der Waals surface area contributed by atoms with Gasteiger partial charge < -0.3 is 43.8 Å². The Morgan fingerprint density at radius 3 is 1.92 bits per heavy atom. The van der Waals surface area contributed by atoms with Crippen molar-refractivity contribution in [1.82, 2.24) is 26.6 Å². The number of thiophene rings is 1. The van der Waals surface area contributed by atoms with Crippen LogP contribution >= 0.6 is 11.3 Å². The number of carbonyl (C=O) groups excluding carboxylic acids is 5. The molecule has 1 saturated heterocycles. The van der Waals surface area contributed by atoms with Gasteiger partial charge in [0, 0.05) is 24.0 Å². The number of nitrogens with two attached hydrogens (primary N) is 3. The quantitative estimate of drug-likeness (QED) is 0.0578. The van der Waals surface area contributed by atoms with Crippen LogP contribution in [0.1, 0.15) is 48.8 Å². The Labute approximate surface area is 348 Å². The summed E-state index contributed by atoms with van der Waals surface area (Å²) in [6, 6.07) is 26.1. The zero-order chi connectivity index (χ0) is 41.8. The number of unbranched alkanes of at least 4 members (excludes halogenated alkanes) is 1. The van der Waals surface area contributed by atoms with E-state index in [0.29, 0.717) is 45.3 Å². The second-order valence-electron chi connectivity index (χ2n) is 15.3. The summed E-state index contributed by atoms with van der Waals surface area (Å²) in [5.74, 6) is -2.94. The molecule has 0 unspecified atom stereocenters. The predicted molar refractivity (Wildman–Crippen MR) is 232 cm³/mol. The summed E-state index contributed by atoms with van der Waals surface area (Å²) in [6.45, 7) is 1.55. The molecule has 310 valence electrons. The molecule has 0 saturated carbocycles. The van der Waals surface area contributed by atoms with Crippen LogP contribution in [-0.4, -0.2) is 78.9 Å². The summed E-state index contributed by atoms with van der Waals surface area (Å²) >= 11 is 1.54. The van der Waals surface area contributed by atoms with Crippen LogP contribution in [0, 0.1) is 0 Å². The Morgan fingerprint density at radius 1 is 0.644 bits per heavy atom. The van der Waals surface area contributed by atoms with Gasteiger partial charge in [0.2, 0.25) is 29.5 Å². The lowest BCUT2D eigenvalue weighted by Gasteiger charge is -2.34. The van der Waals surface area contributed by atoms with Crippen molar-refractivity contribution in [3.63, 3.8) is 0 Å². The summed E-state index contributed by atoms with van der Waals surface area (Å²) in [6.07, 6.45) is 2.61. The summed E-state index contributed by atoms with van der Waals surface area (Å²) in [4.78, 5) is 69.6. The minimum Gasteiger partial charge on any atom is -0.368 e. The second-order valence-corrected chi connectivity index (χ2v) is 16.2. The molecule has 0 radical (unpaired) electrons. The van der Waals surface area contributed by atoms with Gasteiger partial charge in [0.05, 0.1) is 5.54 Å². The molecule has 11 N–H and O–H groups in total. The highest BCUT2D eigenvalue weighted by Gasteiger charge is 2.38. The number of carbonyl (C=O) groups is 5. The Morgan fingerprint density at radius 2 is 1.22 bits per heavy atom. The molecular formula is C45H54N8O5S. The molecule has 59 heavy (non-hydrogen) atoms. The van der Waals surface area contributed by atoms with Gasteiger partial charge in [0.15, 0.2) is 0 Å². The lowest BCUT2D eigenvalue weighted by atomic mass is 9.88. The summed E-state index contributed by atoms with van der Waals surface area (Å²) in [5, 5.41) is 19.6. The van der Waals surface area contributed by atoms with Crippen molar-refractivity contribution in [2.24, 2.45) is 17.2 Å². The van der Waals surface area contributed by atoms with Gasteiger partial charge in [-0.3, -0.25) is 24.0 Å². The Hall–Kier alpha value is -5.67. The van der Waals surface area contributed by atoms with Crippen LogP contribution in [0.4, 0.5) is 0 Å². The molecule has 4 atom stereocenters. The molecular weight excluding hydrogens is 765 g/mol. The number of hydrogen-bond acceptors (Lipinski definition) is 9. The number of benzene rings is 4. The molecule has 1 fully saturated rings. The highest BCUT2D eigenvalue weighted by molar-refractivity contribution is 7.17. The molecule has 6 rings (SSSR count). The van der Waals surface area contributed by atoms with Crippen LogP contribution in [0.3, 0.4) is 0 Å². The normalized spacial score (nSPS) is 15.7. The summed E-state index contributed by atoms with van der Waals surface area (Å²) in [5.41, 5.74) is 19.2. The third kappa shape index (κ3) is 11.3. The number of fused-ring (bicyclic) bond motifs is 2. The maximum Gasteiger partial charge on any atom is 0.243 e. The molecule has 0 spiro atoms. The second kappa shape index (κ2) is 20.3. The van der Waals surface area contributed by atoms with Crippen molar-refractivity contribution < 1.29 is 24.0 Å². The lowest BCUT2D eigenvalue weighted by Crippen LogP contribution is -2.63. The van der Waals surface area contributed by atoms with E-state index in [4.69, 9.17) is 17.2 Å². The highest BCUT2D eigenvalue weighted by atomic mass is 32.1. The van der Waals surface area contributed by atoms with Crippen molar-refractivity contribution in [3.05, 3.63) is 119 Å². The van der Waals surface area contributed by atoms with E-state index >= 15 is 0 Å². The van der Waals surface area contributed by atoms with E-state index in [9.17, 15) is 24.0 Å². The fourth-order valence-electron chi connectivity index (χ4n) is 7.58. The first-order valence-corrected chi connectivity index (χ1v) is 21.1. The van der Waals surface area contributed by atoms with Crippen molar-refractivity contribution in [1.29, 1.82) is 0 Å². The number of primary amides is 1. The largest absolute Gasteiger partial charge is 0.368 e. The molecule has 1 aliphatic heterocycles. The van der Waals surface area contributed by atoms with Gasteiger partial charge in [-0.25, -0.2) is 0 Å². The van der Waals surface area contributed by atoms with E-state index in [0.717, 1.165) is 37.5 Å². The zero-order valence-electron chi connectivity index (χ0n) is 33.1. The number of nitrogens with one attached hydrogen (secondary N) is 5. The number of amides is 5. The van der Waals surface area contributed by atoms with Crippen LogP contribution in [0.2, 0.25) is 0 Å². The van der Waals surface area contributed by atoms with Gasteiger partial charge in [-0.1, -0.05) is 91.0 Å². The highest BCUT2D eigenvalue weighted by Crippen LogP contribution is 2.27. The molecule has 2 heterocycles. The number of piperidine rings is 1. The molecule has 13 nitrogen and oxygen atoms in total. The fourth-order valence-corrected chi connectivity index (χ4v) is 8.55. The first-order valence-electron chi connectivity index (χ1n) is 20.2. The average Bonchev–Trinajstić information content (AvgIpc) is 3.65. The third-order valence-corrected chi connectivity index (χ3v) is 12.0. The van der Waals surface area contributed by atoms with Crippen molar-refractivity contribution >= 4 is 61.7 Å². The van der Waals surface area contributed by atoms with E-state index in [2.05, 4.69) is 26.6 Å². The summed E-state index contributed by atoms with van der Waals surface area (Å²) < 4.78 is 1.04. The maximum atomic E-state index is 14.7. The van der Waals surface area contributed by atoms with Crippen LogP contribution in [0.5, 0.6) is 0 Å². The van der Waals surface area contributed by atoms with Gasteiger partial charge in [-0.15, -0.1) is 11.3 Å². The Balaban J connectivity index is 1.32. The van der Waals surface area contributed by atoms with E-state index in [1.54, 1.807) is 11.3 Å². The van der Waals surface area contributed by atoms with Gasteiger partial charge >= 0.3 is 0 Å². The monoisotopic (exact) mass is 818 g/mol. The van der Waals surface area contributed by atoms with Gasteiger partial charge in [-0.05, 0) is 96.0 Å². The topological polar surface area (TPSA) is 224 Å². The average molecular weight is 819 g/mol.